The molecule has 0 aliphatic carbocycles. The van der Waals surface area contributed by atoms with E-state index >= 15 is 0 Å². The number of halogens is 1. The number of nitriles is 1. The molecule has 0 saturated carbocycles. The lowest BCUT2D eigenvalue weighted by Crippen LogP contribution is -2.34. The second-order valence-electron chi connectivity index (χ2n) is 3.44. The van der Waals surface area contributed by atoms with E-state index in [2.05, 4.69) is 10.6 Å². The second-order valence-corrected chi connectivity index (χ2v) is 3.81. The second kappa shape index (κ2) is 7.24. The smallest absolute Gasteiger partial charge is 0.326 e. The number of benzene rings is 1. The number of amides is 3. The van der Waals surface area contributed by atoms with Gasteiger partial charge in [0.05, 0.1) is 12.7 Å². The first-order chi connectivity index (χ1) is 9.12. The van der Waals surface area contributed by atoms with Gasteiger partial charge in [-0.05, 0) is 12.1 Å². The molecule has 0 atom stereocenters. The number of nitrogens with zero attached hydrogens (tertiary/aromatic N) is 1. The van der Waals surface area contributed by atoms with Gasteiger partial charge in [-0.25, -0.2) is 4.79 Å². The third-order valence-corrected chi connectivity index (χ3v) is 2.37. The first kappa shape index (κ1) is 14.8. The minimum Gasteiger partial charge on any atom is -0.495 e. The maximum absolute atomic E-state index is 11.6. The molecule has 7 heteroatoms. The van der Waals surface area contributed by atoms with Crippen LogP contribution in [0.25, 0.3) is 0 Å². The number of imide groups is 1. The van der Waals surface area contributed by atoms with Gasteiger partial charge in [0, 0.05) is 12.3 Å². The molecule has 0 aliphatic rings. The van der Waals surface area contributed by atoms with Crippen molar-refractivity contribution in [2.45, 2.75) is 6.42 Å². The van der Waals surface area contributed by atoms with Gasteiger partial charge in [0.25, 0.3) is 0 Å². The summed E-state index contributed by atoms with van der Waals surface area (Å²) in [6.45, 7) is 0. The minimum atomic E-state index is -0.740. The van der Waals surface area contributed by atoms with Crippen molar-refractivity contribution < 1.29 is 14.3 Å². The SMILES string of the molecule is COc1cccc(C#N)c1NC(=O)NC(=O)CCCl. The maximum Gasteiger partial charge on any atom is 0.326 e. The fourth-order valence-corrected chi connectivity index (χ4v) is 1.51. The van der Waals surface area contributed by atoms with Crippen LogP contribution in [0, 0.1) is 11.3 Å². The van der Waals surface area contributed by atoms with E-state index in [1.807, 2.05) is 6.07 Å². The highest BCUT2D eigenvalue weighted by molar-refractivity contribution is 6.19. The third-order valence-electron chi connectivity index (χ3n) is 2.18. The molecule has 19 heavy (non-hydrogen) atoms. The van der Waals surface area contributed by atoms with Crippen molar-refractivity contribution in [3.8, 4) is 11.8 Å². The van der Waals surface area contributed by atoms with E-state index in [1.54, 1.807) is 12.1 Å². The van der Waals surface area contributed by atoms with E-state index in [0.717, 1.165) is 0 Å². The van der Waals surface area contributed by atoms with Crippen molar-refractivity contribution in [2.75, 3.05) is 18.3 Å². The van der Waals surface area contributed by atoms with Gasteiger partial charge >= 0.3 is 6.03 Å². The zero-order valence-corrected chi connectivity index (χ0v) is 11.0. The number of para-hydroxylation sites is 1. The van der Waals surface area contributed by atoms with E-state index in [0.29, 0.717) is 5.75 Å². The predicted octanol–water partition coefficient (Wildman–Crippen LogP) is 1.84. The van der Waals surface area contributed by atoms with Gasteiger partial charge in [0.2, 0.25) is 5.91 Å². The predicted molar refractivity (Wildman–Crippen MR) is 70.2 cm³/mol. The molecule has 1 aromatic rings. The van der Waals surface area contributed by atoms with Crippen molar-refractivity contribution in [3.05, 3.63) is 23.8 Å². The molecule has 0 aliphatic heterocycles. The molecule has 3 amide bonds. The Bertz CT molecular complexity index is 525. The van der Waals surface area contributed by atoms with Gasteiger partial charge < -0.3 is 10.1 Å². The molecular formula is C12H12ClN3O3. The summed E-state index contributed by atoms with van der Waals surface area (Å²) in [5.41, 5.74) is 0.447. The van der Waals surface area contributed by atoms with E-state index in [4.69, 9.17) is 21.6 Å². The number of carbonyl (C=O) groups excluding carboxylic acids is 2. The van der Waals surface area contributed by atoms with Crippen molar-refractivity contribution in [1.82, 2.24) is 5.32 Å². The fraction of sp³-hybridized carbons (Fsp3) is 0.250. The first-order valence-corrected chi connectivity index (χ1v) is 5.89. The lowest BCUT2D eigenvalue weighted by atomic mass is 10.2. The van der Waals surface area contributed by atoms with Crippen LogP contribution < -0.4 is 15.4 Å². The number of ether oxygens (including phenoxy) is 1. The number of hydrogen-bond acceptors (Lipinski definition) is 4. The molecule has 0 saturated heterocycles. The van der Waals surface area contributed by atoms with Crippen LogP contribution in [0.2, 0.25) is 0 Å². The fourth-order valence-electron chi connectivity index (χ4n) is 1.34. The Kier molecular flexibility index (Phi) is 5.64. The Balaban J connectivity index is 2.84. The van der Waals surface area contributed by atoms with E-state index < -0.39 is 11.9 Å². The van der Waals surface area contributed by atoms with E-state index in [9.17, 15) is 9.59 Å². The molecule has 0 bridgehead atoms. The summed E-state index contributed by atoms with van der Waals surface area (Å²) < 4.78 is 5.04. The molecule has 1 aromatic carbocycles. The van der Waals surface area contributed by atoms with Crippen LogP contribution in [-0.2, 0) is 4.79 Å². The Morgan fingerprint density at radius 3 is 2.79 bits per heavy atom. The zero-order chi connectivity index (χ0) is 14.3. The molecular weight excluding hydrogens is 270 g/mol. The summed E-state index contributed by atoms with van der Waals surface area (Å²) in [5, 5.41) is 13.5. The molecule has 2 N–H and O–H groups in total. The zero-order valence-electron chi connectivity index (χ0n) is 10.2. The molecule has 0 heterocycles. The van der Waals surface area contributed by atoms with E-state index in [-0.39, 0.29) is 23.6 Å². The number of carbonyl (C=O) groups is 2. The van der Waals surface area contributed by atoms with Gasteiger partial charge in [-0.15, -0.1) is 11.6 Å². The molecule has 0 aromatic heterocycles. The van der Waals surface area contributed by atoms with Gasteiger partial charge in [0.1, 0.15) is 17.5 Å². The highest BCUT2D eigenvalue weighted by Crippen LogP contribution is 2.27. The number of nitrogens with one attached hydrogen (secondary N) is 2. The van der Waals surface area contributed by atoms with Crippen LogP contribution in [-0.4, -0.2) is 24.9 Å². The van der Waals surface area contributed by atoms with Crippen LogP contribution in [0.1, 0.15) is 12.0 Å². The normalized spacial score (nSPS) is 9.32. The topological polar surface area (TPSA) is 91.2 Å². The van der Waals surface area contributed by atoms with Crippen LogP contribution in [0.15, 0.2) is 18.2 Å². The summed E-state index contributed by atoms with van der Waals surface area (Å²) in [7, 11) is 1.41. The minimum absolute atomic E-state index is 0.0337. The first-order valence-electron chi connectivity index (χ1n) is 5.36. The van der Waals surface area contributed by atoms with Crippen LogP contribution in [0.4, 0.5) is 10.5 Å². The number of hydrogen-bond donors (Lipinski definition) is 2. The average molecular weight is 282 g/mol. The van der Waals surface area contributed by atoms with Gasteiger partial charge in [-0.2, -0.15) is 5.26 Å². The van der Waals surface area contributed by atoms with Gasteiger partial charge in [0.15, 0.2) is 0 Å². The van der Waals surface area contributed by atoms with Crippen molar-refractivity contribution in [2.24, 2.45) is 0 Å². The van der Waals surface area contributed by atoms with Crippen molar-refractivity contribution >= 4 is 29.2 Å². The molecule has 1 rings (SSSR count). The van der Waals surface area contributed by atoms with Gasteiger partial charge in [-0.1, -0.05) is 6.07 Å². The highest BCUT2D eigenvalue weighted by atomic mass is 35.5. The lowest BCUT2D eigenvalue weighted by molar-refractivity contribution is -0.119. The van der Waals surface area contributed by atoms with Crippen LogP contribution in [0.5, 0.6) is 5.75 Å². The van der Waals surface area contributed by atoms with Crippen LogP contribution >= 0.6 is 11.6 Å². The molecule has 0 unspecified atom stereocenters. The average Bonchev–Trinajstić information content (AvgIpc) is 2.39. The summed E-state index contributed by atoms with van der Waals surface area (Å²) in [6.07, 6.45) is 0.0337. The monoisotopic (exact) mass is 281 g/mol. The molecule has 0 spiro atoms. The summed E-state index contributed by atoms with van der Waals surface area (Å²) >= 11 is 5.38. The number of rotatable bonds is 4. The van der Waals surface area contributed by atoms with Crippen molar-refractivity contribution in [3.63, 3.8) is 0 Å². The molecule has 100 valence electrons. The Morgan fingerprint density at radius 2 is 2.21 bits per heavy atom. The Hall–Kier alpha value is -2.26. The Morgan fingerprint density at radius 1 is 1.47 bits per heavy atom. The standard InChI is InChI=1S/C12H12ClN3O3/c1-19-9-4-2-3-8(7-14)11(9)16-12(18)15-10(17)5-6-13/h2-4H,5-6H2,1H3,(H2,15,16,17,18). The maximum atomic E-state index is 11.6. The number of urea groups is 1. The molecule has 6 nitrogen and oxygen atoms in total. The molecule has 0 fully saturated rings. The van der Waals surface area contributed by atoms with E-state index in [1.165, 1.54) is 13.2 Å². The summed E-state index contributed by atoms with van der Waals surface area (Å²) in [4.78, 5) is 22.8. The number of alkyl halides is 1. The molecule has 0 radical (unpaired) electrons. The summed E-state index contributed by atoms with van der Waals surface area (Å²) in [5.74, 6) is -0.0445. The highest BCUT2D eigenvalue weighted by Gasteiger charge is 2.13. The number of methoxy groups -OCH3 is 1. The third kappa shape index (κ3) is 4.16. The van der Waals surface area contributed by atoms with Crippen LogP contribution in [0.3, 0.4) is 0 Å². The van der Waals surface area contributed by atoms with Gasteiger partial charge in [-0.3, -0.25) is 10.1 Å². The van der Waals surface area contributed by atoms with Crippen molar-refractivity contribution in [1.29, 1.82) is 5.26 Å². The Labute approximate surface area is 115 Å². The summed E-state index contributed by atoms with van der Waals surface area (Å²) in [6, 6.07) is 5.93. The number of anilines is 1. The lowest BCUT2D eigenvalue weighted by Gasteiger charge is -2.11. The largest absolute Gasteiger partial charge is 0.495 e. The quantitative estimate of drug-likeness (QED) is 0.824.